The van der Waals surface area contributed by atoms with Crippen LogP contribution in [0.5, 0.6) is 0 Å². The fourth-order valence-corrected chi connectivity index (χ4v) is 3.97. The molecule has 0 spiro atoms. The van der Waals surface area contributed by atoms with Gasteiger partial charge in [0.25, 0.3) is 5.91 Å². The van der Waals surface area contributed by atoms with Crippen molar-refractivity contribution < 1.29 is 9.59 Å². The molecule has 0 aliphatic carbocycles. The molecule has 2 aromatic heterocycles. The highest BCUT2D eigenvalue weighted by Gasteiger charge is 2.31. The minimum atomic E-state index is 0.0220. The van der Waals surface area contributed by atoms with Crippen LogP contribution in [0.4, 0.5) is 0 Å². The SMILES string of the molecule is CC(=O)N1CCCC(c2nnc3n2CCN(C(=O)c2cccn2C)C3)C1. The molecule has 0 aromatic carbocycles. The van der Waals surface area contributed by atoms with Gasteiger partial charge in [0, 0.05) is 52.3 Å². The Labute approximate surface area is 152 Å². The summed E-state index contributed by atoms with van der Waals surface area (Å²) in [5.41, 5.74) is 0.683. The average Bonchev–Trinajstić information content (AvgIpc) is 3.26. The first kappa shape index (κ1) is 16.8. The van der Waals surface area contributed by atoms with E-state index in [-0.39, 0.29) is 17.7 Å². The van der Waals surface area contributed by atoms with Crippen molar-refractivity contribution >= 4 is 11.8 Å². The number of aromatic nitrogens is 4. The van der Waals surface area contributed by atoms with E-state index in [1.165, 1.54) is 0 Å². The van der Waals surface area contributed by atoms with Crippen LogP contribution >= 0.6 is 0 Å². The van der Waals surface area contributed by atoms with Gasteiger partial charge in [-0.1, -0.05) is 0 Å². The highest BCUT2D eigenvalue weighted by atomic mass is 16.2. The van der Waals surface area contributed by atoms with Crippen LogP contribution in [0.1, 0.15) is 47.8 Å². The molecule has 26 heavy (non-hydrogen) atoms. The molecule has 1 saturated heterocycles. The summed E-state index contributed by atoms with van der Waals surface area (Å²) in [7, 11) is 1.88. The third-order valence-electron chi connectivity index (χ3n) is 5.46. The number of carbonyl (C=O) groups is 2. The van der Waals surface area contributed by atoms with E-state index in [1.54, 1.807) is 6.92 Å². The summed E-state index contributed by atoms with van der Waals surface area (Å²) >= 11 is 0. The summed E-state index contributed by atoms with van der Waals surface area (Å²) in [6, 6.07) is 3.72. The number of fused-ring (bicyclic) bond motifs is 1. The lowest BCUT2D eigenvalue weighted by molar-refractivity contribution is -0.130. The zero-order valence-electron chi connectivity index (χ0n) is 15.3. The van der Waals surface area contributed by atoms with E-state index in [2.05, 4.69) is 14.8 Å². The molecule has 4 rings (SSSR count). The largest absolute Gasteiger partial charge is 0.347 e. The van der Waals surface area contributed by atoms with Gasteiger partial charge in [0.1, 0.15) is 11.5 Å². The molecule has 8 nitrogen and oxygen atoms in total. The van der Waals surface area contributed by atoms with Gasteiger partial charge in [-0.15, -0.1) is 10.2 Å². The summed E-state index contributed by atoms with van der Waals surface area (Å²) in [5, 5.41) is 8.77. The molecule has 2 aromatic rings. The maximum atomic E-state index is 12.7. The Morgan fingerprint density at radius 2 is 2.00 bits per heavy atom. The van der Waals surface area contributed by atoms with E-state index in [0.717, 1.165) is 31.0 Å². The van der Waals surface area contributed by atoms with Gasteiger partial charge in [-0.25, -0.2) is 0 Å². The van der Waals surface area contributed by atoms with Crippen LogP contribution in [0.2, 0.25) is 0 Å². The summed E-state index contributed by atoms with van der Waals surface area (Å²) in [5.74, 6) is 2.15. The lowest BCUT2D eigenvalue weighted by Gasteiger charge is -2.33. The number of piperidine rings is 1. The average molecular weight is 356 g/mol. The Balaban J connectivity index is 1.51. The highest BCUT2D eigenvalue weighted by molar-refractivity contribution is 5.92. The van der Waals surface area contributed by atoms with Crippen molar-refractivity contribution in [2.75, 3.05) is 19.6 Å². The van der Waals surface area contributed by atoms with Crippen LogP contribution in [0.3, 0.4) is 0 Å². The standard InChI is InChI=1S/C18H24N6O2/c1-13(25)22-8-3-5-14(11-22)17-20-19-16-12-23(9-10-24(16)17)18(26)15-6-4-7-21(15)2/h4,6-7,14H,3,5,8-12H2,1-2H3. The van der Waals surface area contributed by atoms with Crippen LogP contribution in [-0.2, 0) is 24.9 Å². The topological polar surface area (TPSA) is 76.3 Å². The van der Waals surface area contributed by atoms with E-state index < -0.39 is 0 Å². The van der Waals surface area contributed by atoms with E-state index in [0.29, 0.717) is 31.9 Å². The second-order valence-corrected chi connectivity index (χ2v) is 7.16. The summed E-state index contributed by atoms with van der Waals surface area (Å²) in [6.07, 6.45) is 3.89. The van der Waals surface area contributed by atoms with Crippen molar-refractivity contribution in [1.29, 1.82) is 0 Å². The molecule has 2 aliphatic rings. The maximum absolute atomic E-state index is 12.7. The van der Waals surface area contributed by atoms with Crippen molar-refractivity contribution in [2.45, 2.75) is 38.8 Å². The molecule has 2 aliphatic heterocycles. The molecule has 138 valence electrons. The van der Waals surface area contributed by atoms with E-state index >= 15 is 0 Å². The predicted molar refractivity (Wildman–Crippen MR) is 94.4 cm³/mol. The number of nitrogens with zero attached hydrogens (tertiary/aromatic N) is 6. The molecule has 1 atom stereocenters. The number of hydrogen-bond donors (Lipinski definition) is 0. The monoisotopic (exact) mass is 356 g/mol. The predicted octanol–water partition coefficient (Wildman–Crippen LogP) is 0.998. The van der Waals surface area contributed by atoms with Gasteiger partial charge in [0.2, 0.25) is 5.91 Å². The highest BCUT2D eigenvalue weighted by Crippen LogP contribution is 2.28. The molecule has 8 heteroatoms. The van der Waals surface area contributed by atoms with Crippen LogP contribution in [-0.4, -0.2) is 60.6 Å². The Morgan fingerprint density at radius 3 is 2.73 bits per heavy atom. The first-order valence-electron chi connectivity index (χ1n) is 9.12. The fraction of sp³-hybridized carbons (Fsp3) is 0.556. The molecule has 0 N–H and O–H groups in total. The van der Waals surface area contributed by atoms with Gasteiger partial charge in [-0.2, -0.15) is 0 Å². The first-order valence-corrected chi connectivity index (χ1v) is 9.12. The van der Waals surface area contributed by atoms with Gasteiger partial charge in [-0.05, 0) is 25.0 Å². The minimum Gasteiger partial charge on any atom is -0.347 e. The first-order chi connectivity index (χ1) is 12.5. The summed E-state index contributed by atoms with van der Waals surface area (Å²) in [4.78, 5) is 28.1. The van der Waals surface area contributed by atoms with E-state index in [1.807, 2.05) is 39.7 Å². The van der Waals surface area contributed by atoms with Gasteiger partial charge in [0.05, 0.1) is 6.54 Å². The number of likely N-dealkylation sites (tertiary alicyclic amines) is 1. The second kappa shape index (κ2) is 6.59. The van der Waals surface area contributed by atoms with Crippen molar-refractivity contribution in [1.82, 2.24) is 29.1 Å². The number of aryl methyl sites for hydroxylation is 1. The number of amides is 2. The zero-order valence-corrected chi connectivity index (χ0v) is 15.3. The zero-order chi connectivity index (χ0) is 18.3. The number of hydrogen-bond acceptors (Lipinski definition) is 4. The Hall–Kier alpha value is -2.64. The van der Waals surface area contributed by atoms with Gasteiger partial charge < -0.3 is 18.9 Å². The smallest absolute Gasteiger partial charge is 0.270 e. The van der Waals surface area contributed by atoms with Crippen molar-refractivity contribution in [3.63, 3.8) is 0 Å². The summed E-state index contributed by atoms with van der Waals surface area (Å²) < 4.78 is 3.98. The van der Waals surface area contributed by atoms with Crippen molar-refractivity contribution in [3.05, 3.63) is 35.7 Å². The van der Waals surface area contributed by atoms with Crippen molar-refractivity contribution in [3.8, 4) is 0 Å². The fourth-order valence-electron chi connectivity index (χ4n) is 3.97. The molecule has 0 bridgehead atoms. The molecule has 1 unspecified atom stereocenters. The maximum Gasteiger partial charge on any atom is 0.270 e. The third kappa shape index (κ3) is 2.89. The normalized spacial score (nSPS) is 20.2. The molecule has 4 heterocycles. The third-order valence-corrected chi connectivity index (χ3v) is 5.46. The van der Waals surface area contributed by atoms with Gasteiger partial charge in [0.15, 0.2) is 5.82 Å². The lowest BCUT2D eigenvalue weighted by atomic mass is 9.97. The lowest BCUT2D eigenvalue weighted by Crippen LogP contribution is -2.41. The molecule has 2 amide bonds. The van der Waals surface area contributed by atoms with Crippen LogP contribution in [0.25, 0.3) is 0 Å². The van der Waals surface area contributed by atoms with Gasteiger partial charge in [-0.3, -0.25) is 9.59 Å². The molecule has 1 fully saturated rings. The molecular formula is C18H24N6O2. The summed E-state index contributed by atoms with van der Waals surface area (Å²) in [6.45, 7) is 4.97. The van der Waals surface area contributed by atoms with Crippen LogP contribution in [0, 0.1) is 0 Å². The van der Waals surface area contributed by atoms with Crippen molar-refractivity contribution in [2.24, 2.45) is 7.05 Å². The molecule has 0 radical (unpaired) electrons. The Morgan fingerprint density at radius 1 is 1.15 bits per heavy atom. The molecular weight excluding hydrogens is 332 g/mol. The van der Waals surface area contributed by atoms with Crippen LogP contribution < -0.4 is 0 Å². The second-order valence-electron chi connectivity index (χ2n) is 7.16. The quantitative estimate of drug-likeness (QED) is 0.804. The minimum absolute atomic E-state index is 0.0220. The Bertz CT molecular complexity index is 839. The molecule has 0 saturated carbocycles. The van der Waals surface area contributed by atoms with Gasteiger partial charge >= 0.3 is 0 Å². The van der Waals surface area contributed by atoms with Crippen LogP contribution in [0.15, 0.2) is 18.3 Å². The number of carbonyl (C=O) groups excluding carboxylic acids is 2. The van der Waals surface area contributed by atoms with E-state index in [4.69, 9.17) is 0 Å². The number of rotatable bonds is 2. The van der Waals surface area contributed by atoms with E-state index in [9.17, 15) is 9.59 Å². The Kier molecular flexibility index (Phi) is 4.26.